The number of carbonyl (C=O) groups excluding carboxylic acids is 2. The van der Waals surface area contributed by atoms with Crippen LogP contribution < -0.4 is 5.32 Å². The Morgan fingerprint density at radius 2 is 1.93 bits per heavy atom. The zero-order valence-corrected chi connectivity index (χ0v) is 18.5. The summed E-state index contributed by atoms with van der Waals surface area (Å²) in [6.07, 6.45) is 2.30. The number of amides is 1. The Kier molecular flexibility index (Phi) is 8.45. The van der Waals surface area contributed by atoms with E-state index in [1.54, 1.807) is 0 Å². The fraction of sp³-hybridized carbons (Fsp3) is 0.579. The average molecular weight is 446 g/mol. The lowest BCUT2D eigenvalue weighted by Gasteiger charge is -2.39. The number of hydrogen-bond acceptors (Lipinski definition) is 6. The Morgan fingerprint density at radius 3 is 2.48 bits per heavy atom. The van der Waals surface area contributed by atoms with Crippen LogP contribution in [0.15, 0.2) is 24.3 Å². The number of sulfonamides is 1. The van der Waals surface area contributed by atoms with Gasteiger partial charge in [0.25, 0.3) is 0 Å². The first-order chi connectivity index (χ1) is 13.6. The topological polar surface area (TPSA) is 96.0 Å². The molecule has 1 heterocycles. The van der Waals surface area contributed by atoms with Crippen molar-refractivity contribution in [3.05, 3.63) is 34.9 Å². The van der Waals surface area contributed by atoms with E-state index in [0.29, 0.717) is 31.0 Å². The van der Waals surface area contributed by atoms with Gasteiger partial charge in [-0.25, -0.2) is 8.42 Å². The first-order valence-electron chi connectivity index (χ1n) is 9.42. The average Bonchev–Trinajstić information content (AvgIpc) is 2.69. The summed E-state index contributed by atoms with van der Waals surface area (Å²) in [6.45, 7) is 2.84. The minimum absolute atomic E-state index is 0.111. The van der Waals surface area contributed by atoms with Crippen LogP contribution in [0.1, 0.15) is 31.4 Å². The maximum absolute atomic E-state index is 12.3. The quantitative estimate of drug-likeness (QED) is 0.608. The van der Waals surface area contributed by atoms with Crippen molar-refractivity contribution >= 4 is 33.5 Å². The third-order valence-electron chi connectivity index (χ3n) is 5.19. The monoisotopic (exact) mass is 445 g/mol. The molecule has 1 N–H and O–H groups in total. The number of halogens is 1. The maximum Gasteiger partial charge on any atom is 0.325 e. The molecule has 2 rings (SSSR count). The summed E-state index contributed by atoms with van der Waals surface area (Å²) in [5.74, 6) is -1.13. The molecule has 0 saturated carbocycles. The van der Waals surface area contributed by atoms with Crippen molar-refractivity contribution in [1.29, 1.82) is 0 Å². The van der Waals surface area contributed by atoms with Gasteiger partial charge in [0, 0.05) is 30.2 Å². The van der Waals surface area contributed by atoms with Gasteiger partial charge in [-0.3, -0.25) is 14.5 Å². The molecular weight excluding hydrogens is 418 g/mol. The number of methoxy groups -OCH3 is 1. The molecule has 1 unspecified atom stereocenters. The summed E-state index contributed by atoms with van der Waals surface area (Å²) in [6, 6.07) is 7.53. The van der Waals surface area contributed by atoms with Gasteiger partial charge < -0.3 is 10.1 Å². The second-order valence-electron chi connectivity index (χ2n) is 7.13. The van der Waals surface area contributed by atoms with E-state index >= 15 is 0 Å². The zero-order valence-electron chi connectivity index (χ0n) is 16.9. The second-order valence-corrected chi connectivity index (χ2v) is 9.47. The molecule has 1 aliphatic rings. The summed E-state index contributed by atoms with van der Waals surface area (Å²) in [5.41, 5.74) is 1.04. The molecule has 8 nitrogen and oxygen atoms in total. The summed E-state index contributed by atoms with van der Waals surface area (Å²) < 4.78 is 30.2. The van der Waals surface area contributed by atoms with E-state index in [0.717, 1.165) is 11.8 Å². The van der Waals surface area contributed by atoms with Crippen molar-refractivity contribution in [1.82, 2.24) is 14.5 Å². The molecule has 162 valence electrons. The Hall–Kier alpha value is -1.68. The van der Waals surface area contributed by atoms with Gasteiger partial charge in [-0.05, 0) is 31.4 Å². The number of ether oxygens (including phenoxy) is 1. The fourth-order valence-corrected chi connectivity index (χ4v) is 4.93. The van der Waals surface area contributed by atoms with Crippen molar-refractivity contribution < 1.29 is 22.7 Å². The van der Waals surface area contributed by atoms with E-state index in [9.17, 15) is 18.0 Å². The molecule has 0 radical (unpaired) electrons. The number of likely N-dealkylation sites (tertiary alicyclic amines) is 1. The van der Waals surface area contributed by atoms with Crippen LogP contribution in [-0.2, 0) is 24.3 Å². The predicted molar refractivity (Wildman–Crippen MR) is 111 cm³/mol. The SMILES string of the molecule is COC(=O)CNC(=O)CN(C1CCN(C(C)c2ccccc2Cl)CC1)S(C)(=O)=O. The summed E-state index contributed by atoms with van der Waals surface area (Å²) in [5, 5.41) is 3.10. The van der Waals surface area contributed by atoms with Crippen LogP contribution in [-0.4, -0.2) is 75.1 Å². The number of nitrogens with one attached hydrogen (secondary N) is 1. The molecule has 0 spiro atoms. The van der Waals surface area contributed by atoms with E-state index in [2.05, 4.69) is 21.9 Å². The highest BCUT2D eigenvalue weighted by molar-refractivity contribution is 7.88. The van der Waals surface area contributed by atoms with Crippen LogP contribution in [0.4, 0.5) is 0 Å². The highest BCUT2D eigenvalue weighted by Gasteiger charge is 2.33. The molecule has 0 aromatic heterocycles. The lowest BCUT2D eigenvalue weighted by Crippen LogP contribution is -2.51. The zero-order chi connectivity index (χ0) is 21.6. The van der Waals surface area contributed by atoms with Crippen LogP contribution in [0.2, 0.25) is 5.02 Å². The Morgan fingerprint density at radius 1 is 1.31 bits per heavy atom. The third kappa shape index (κ3) is 6.67. The lowest BCUT2D eigenvalue weighted by atomic mass is 10.00. The van der Waals surface area contributed by atoms with Gasteiger partial charge in [-0.2, -0.15) is 4.31 Å². The van der Waals surface area contributed by atoms with Crippen molar-refractivity contribution in [3.63, 3.8) is 0 Å². The molecule has 29 heavy (non-hydrogen) atoms. The number of hydrogen-bond donors (Lipinski definition) is 1. The van der Waals surface area contributed by atoms with E-state index in [4.69, 9.17) is 11.6 Å². The highest BCUT2D eigenvalue weighted by atomic mass is 35.5. The Bertz CT molecular complexity index is 825. The molecule has 10 heteroatoms. The molecule has 1 fully saturated rings. The normalized spacial score (nSPS) is 17.1. The smallest absolute Gasteiger partial charge is 0.325 e. The standard InChI is InChI=1S/C19H28ClN3O5S/c1-14(16-6-4-5-7-17(16)20)22-10-8-15(9-11-22)23(29(3,26)27)13-18(24)21-12-19(25)28-2/h4-7,14-15H,8-13H2,1-3H3,(H,21,24). The minimum atomic E-state index is -3.58. The second kappa shape index (κ2) is 10.4. The molecule has 1 saturated heterocycles. The molecule has 1 aliphatic heterocycles. The Labute approximate surface area is 177 Å². The number of rotatable bonds is 8. The molecule has 1 amide bonds. The van der Waals surface area contributed by atoms with Crippen molar-refractivity contribution in [3.8, 4) is 0 Å². The van der Waals surface area contributed by atoms with E-state index < -0.39 is 21.9 Å². The summed E-state index contributed by atoms with van der Waals surface area (Å²) in [4.78, 5) is 25.5. The van der Waals surface area contributed by atoms with E-state index in [-0.39, 0.29) is 25.2 Å². The van der Waals surface area contributed by atoms with Crippen molar-refractivity contribution in [2.45, 2.75) is 31.8 Å². The van der Waals surface area contributed by atoms with Gasteiger partial charge in [-0.1, -0.05) is 29.8 Å². The van der Waals surface area contributed by atoms with Crippen LogP contribution in [0.25, 0.3) is 0 Å². The highest BCUT2D eigenvalue weighted by Crippen LogP contribution is 2.30. The third-order valence-corrected chi connectivity index (χ3v) is 6.82. The van der Waals surface area contributed by atoms with Crippen LogP contribution in [0, 0.1) is 0 Å². The van der Waals surface area contributed by atoms with Gasteiger partial charge in [-0.15, -0.1) is 0 Å². The predicted octanol–water partition coefficient (Wildman–Crippen LogP) is 1.42. The number of piperidine rings is 1. The van der Waals surface area contributed by atoms with E-state index in [1.165, 1.54) is 11.4 Å². The fourth-order valence-electron chi connectivity index (χ4n) is 3.53. The van der Waals surface area contributed by atoms with E-state index in [1.807, 2.05) is 24.3 Å². The van der Waals surface area contributed by atoms with Gasteiger partial charge in [0.1, 0.15) is 6.54 Å². The lowest BCUT2D eigenvalue weighted by molar-refractivity contribution is -0.141. The molecule has 1 atom stereocenters. The molecular formula is C19H28ClN3O5S. The van der Waals surface area contributed by atoms with Gasteiger partial charge in [0.15, 0.2) is 0 Å². The number of benzene rings is 1. The maximum atomic E-state index is 12.3. The first-order valence-corrected chi connectivity index (χ1v) is 11.6. The number of carbonyl (C=O) groups is 2. The molecule has 0 bridgehead atoms. The van der Waals surface area contributed by atoms with Crippen molar-refractivity contribution in [2.24, 2.45) is 0 Å². The minimum Gasteiger partial charge on any atom is -0.468 e. The van der Waals surface area contributed by atoms with Crippen molar-refractivity contribution in [2.75, 3.05) is 39.5 Å². The van der Waals surface area contributed by atoms with Crippen LogP contribution >= 0.6 is 11.6 Å². The first kappa shape index (κ1) is 23.6. The number of esters is 1. The largest absolute Gasteiger partial charge is 0.468 e. The molecule has 1 aromatic rings. The van der Waals surface area contributed by atoms with Crippen LogP contribution in [0.5, 0.6) is 0 Å². The Balaban J connectivity index is 1.99. The molecule has 0 aliphatic carbocycles. The van der Waals surface area contributed by atoms with Gasteiger partial charge in [0.2, 0.25) is 15.9 Å². The van der Waals surface area contributed by atoms with Gasteiger partial charge in [0.05, 0.1) is 19.9 Å². The van der Waals surface area contributed by atoms with Crippen LogP contribution in [0.3, 0.4) is 0 Å². The summed E-state index contributed by atoms with van der Waals surface area (Å²) >= 11 is 6.31. The summed E-state index contributed by atoms with van der Waals surface area (Å²) in [7, 11) is -2.37. The van der Waals surface area contributed by atoms with Gasteiger partial charge >= 0.3 is 5.97 Å². The molecule has 1 aromatic carbocycles. The number of nitrogens with zero attached hydrogens (tertiary/aromatic N) is 2.